The van der Waals surface area contributed by atoms with Gasteiger partial charge in [-0.05, 0) is 52.0 Å². The van der Waals surface area contributed by atoms with E-state index in [1.54, 1.807) is 5.38 Å². The Morgan fingerprint density at radius 1 is 1.30 bits per heavy atom. The van der Waals surface area contributed by atoms with Crippen LogP contribution in [0.5, 0.6) is 5.75 Å². The van der Waals surface area contributed by atoms with Crippen molar-refractivity contribution in [2.45, 2.75) is 33.7 Å². The number of nitrogens with zero attached hydrogens (tertiary/aromatic N) is 3. The van der Waals surface area contributed by atoms with Crippen molar-refractivity contribution in [3.63, 3.8) is 0 Å². The molecule has 0 spiro atoms. The Hall–Kier alpha value is -2.67. The molecule has 1 amide bonds. The third-order valence-corrected chi connectivity index (χ3v) is 5.39. The third-order valence-electron chi connectivity index (χ3n) is 4.49. The molecule has 0 radical (unpaired) electrons. The molecule has 142 valence electrons. The van der Waals surface area contributed by atoms with Gasteiger partial charge in [0.1, 0.15) is 16.5 Å². The second kappa shape index (κ2) is 7.92. The third kappa shape index (κ3) is 4.03. The molecule has 27 heavy (non-hydrogen) atoms. The Bertz CT molecular complexity index is 944. The molecule has 7 heteroatoms. The van der Waals surface area contributed by atoms with Crippen molar-refractivity contribution in [2.24, 2.45) is 7.05 Å². The number of amides is 1. The number of aryl methyl sites for hydroxylation is 2. The summed E-state index contributed by atoms with van der Waals surface area (Å²) in [6, 6.07) is 7.60. The lowest BCUT2D eigenvalue weighted by atomic mass is 10.1. The van der Waals surface area contributed by atoms with Gasteiger partial charge in [-0.1, -0.05) is 0 Å². The van der Waals surface area contributed by atoms with Gasteiger partial charge in [0.05, 0.1) is 18.3 Å². The van der Waals surface area contributed by atoms with Crippen LogP contribution in [-0.2, 0) is 7.05 Å². The standard InChI is InChI=1S/C20H24N4O2S/c1-6-26-16-9-7-15(8-10-16)20-22-17(11-27-20)19(25)21-12(2)18-13(3)23-24(5)14(18)4/h7-12H,6H2,1-5H3,(H,21,25). The van der Waals surface area contributed by atoms with Gasteiger partial charge in [0, 0.05) is 29.2 Å². The SMILES string of the molecule is CCOc1ccc(-c2nc(C(=O)NC(C)c3c(C)nn(C)c3C)cs2)cc1. The van der Waals surface area contributed by atoms with Crippen molar-refractivity contribution >= 4 is 17.2 Å². The summed E-state index contributed by atoms with van der Waals surface area (Å²) in [5.74, 6) is 0.644. The molecular weight excluding hydrogens is 360 g/mol. The monoisotopic (exact) mass is 384 g/mol. The fourth-order valence-electron chi connectivity index (χ4n) is 3.13. The summed E-state index contributed by atoms with van der Waals surface area (Å²) in [6.45, 7) is 8.52. The van der Waals surface area contributed by atoms with Gasteiger partial charge in [-0.25, -0.2) is 4.98 Å². The maximum atomic E-state index is 12.6. The van der Waals surface area contributed by atoms with Crippen molar-refractivity contribution in [3.8, 4) is 16.3 Å². The van der Waals surface area contributed by atoms with Crippen molar-refractivity contribution in [1.29, 1.82) is 0 Å². The van der Waals surface area contributed by atoms with Crippen molar-refractivity contribution in [2.75, 3.05) is 6.61 Å². The van der Waals surface area contributed by atoms with E-state index in [0.29, 0.717) is 12.3 Å². The number of benzene rings is 1. The van der Waals surface area contributed by atoms with Crippen LogP contribution < -0.4 is 10.1 Å². The first-order valence-corrected chi connectivity index (χ1v) is 9.78. The van der Waals surface area contributed by atoms with Crippen LogP contribution in [0.4, 0.5) is 0 Å². The second-order valence-electron chi connectivity index (χ2n) is 6.40. The zero-order valence-corrected chi connectivity index (χ0v) is 17.1. The summed E-state index contributed by atoms with van der Waals surface area (Å²) in [6.07, 6.45) is 0. The first-order chi connectivity index (χ1) is 12.9. The smallest absolute Gasteiger partial charge is 0.271 e. The molecule has 6 nitrogen and oxygen atoms in total. The molecule has 1 atom stereocenters. The Balaban J connectivity index is 1.73. The maximum absolute atomic E-state index is 12.6. The second-order valence-corrected chi connectivity index (χ2v) is 7.26. The number of rotatable bonds is 6. The Morgan fingerprint density at radius 2 is 2.00 bits per heavy atom. The summed E-state index contributed by atoms with van der Waals surface area (Å²) in [4.78, 5) is 17.1. The molecule has 0 aliphatic heterocycles. The van der Waals surface area contributed by atoms with E-state index in [9.17, 15) is 4.79 Å². The highest BCUT2D eigenvalue weighted by Gasteiger charge is 2.20. The lowest BCUT2D eigenvalue weighted by Gasteiger charge is -2.14. The molecule has 1 unspecified atom stereocenters. The van der Waals surface area contributed by atoms with Gasteiger partial charge in [-0.2, -0.15) is 5.10 Å². The Labute approximate surface area is 163 Å². The van der Waals surface area contributed by atoms with Gasteiger partial charge >= 0.3 is 0 Å². The van der Waals surface area contributed by atoms with Crippen LogP contribution in [0.2, 0.25) is 0 Å². The number of aromatic nitrogens is 3. The van der Waals surface area contributed by atoms with E-state index in [1.807, 2.05) is 63.7 Å². The molecule has 0 aliphatic carbocycles. The van der Waals surface area contributed by atoms with E-state index < -0.39 is 0 Å². The van der Waals surface area contributed by atoms with Crippen LogP contribution in [0.25, 0.3) is 10.6 Å². The summed E-state index contributed by atoms with van der Waals surface area (Å²) in [7, 11) is 1.91. The quantitative estimate of drug-likeness (QED) is 0.696. The van der Waals surface area contributed by atoms with Crippen molar-refractivity contribution in [3.05, 3.63) is 52.3 Å². The average molecular weight is 385 g/mol. The van der Waals surface area contributed by atoms with Gasteiger partial charge in [0.2, 0.25) is 0 Å². The van der Waals surface area contributed by atoms with Crippen molar-refractivity contribution in [1.82, 2.24) is 20.1 Å². The molecule has 2 aromatic heterocycles. The first-order valence-electron chi connectivity index (χ1n) is 8.90. The molecular formula is C20H24N4O2S. The molecule has 0 bridgehead atoms. The fourth-order valence-corrected chi connectivity index (χ4v) is 3.94. The summed E-state index contributed by atoms with van der Waals surface area (Å²) in [5, 5.41) is 10.0. The zero-order chi connectivity index (χ0) is 19.6. The molecule has 0 aliphatic rings. The van der Waals surface area contributed by atoms with Crippen LogP contribution in [0.1, 0.15) is 47.3 Å². The van der Waals surface area contributed by atoms with Crippen LogP contribution >= 0.6 is 11.3 Å². The summed E-state index contributed by atoms with van der Waals surface area (Å²) < 4.78 is 7.29. The van der Waals surface area contributed by atoms with Gasteiger partial charge in [-0.3, -0.25) is 9.48 Å². The van der Waals surface area contributed by atoms with Gasteiger partial charge < -0.3 is 10.1 Å². The van der Waals surface area contributed by atoms with E-state index in [1.165, 1.54) is 11.3 Å². The number of nitrogens with one attached hydrogen (secondary N) is 1. The van der Waals surface area contributed by atoms with Crippen LogP contribution in [0.3, 0.4) is 0 Å². The minimum atomic E-state index is -0.182. The van der Waals surface area contributed by atoms with E-state index >= 15 is 0 Å². The fraction of sp³-hybridized carbons (Fsp3) is 0.350. The molecule has 0 saturated carbocycles. The normalized spacial score (nSPS) is 12.0. The highest BCUT2D eigenvalue weighted by atomic mass is 32.1. The molecule has 1 N–H and O–H groups in total. The van der Waals surface area contributed by atoms with Gasteiger partial charge in [-0.15, -0.1) is 11.3 Å². The molecule has 2 heterocycles. The van der Waals surface area contributed by atoms with Gasteiger partial charge in [0.15, 0.2) is 0 Å². The molecule has 0 saturated heterocycles. The highest BCUT2D eigenvalue weighted by molar-refractivity contribution is 7.13. The lowest BCUT2D eigenvalue weighted by Crippen LogP contribution is -2.27. The Kier molecular flexibility index (Phi) is 5.60. The summed E-state index contributed by atoms with van der Waals surface area (Å²) in [5.41, 5.74) is 4.42. The highest BCUT2D eigenvalue weighted by Crippen LogP contribution is 2.26. The number of hydrogen-bond donors (Lipinski definition) is 1. The topological polar surface area (TPSA) is 69.0 Å². The van der Waals surface area contributed by atoms with E-state index in [-0.39, 0.29) is 11.9 Å². The molecule has 0 fully saturated rings. The average Bonchev–Trinajstić information content (AvgIpc) is 3.21. The van der Waals surface area contributed by atoms with Crippen molar-refractivity contribution < 1.29 is 9.53 Å². The lowest BCUT2D eigenvalue weighted by molar-refractivity contribution is 0.0935. The first kappa shape index (κ1) is 19.1. The van der Waals surface area contributed by atoms with E-state index in [4.69, 9.17) is 4.74 Å². The number of ether oxygens (including phenoxy) is 1. The predicted molar refractivity (Wildman–Crippen MR) is 107 cm³/mol. The van der Waals surface area contributed by atoms with Gasteiger partial charge in [0.25, 0.3) is 5.91 Å². The number of hydrogen-bond acceptors (Lipinski definition) is 5. The molecule has 3 aromatic rings. The predicted octanol–water partition coefficient (Wildman–Crippen LogP) is 4.05. The maximum Gasteiger partial charge on any atom is 0.271 e. The largest absolute Gasteiger partial charge is 0.494 e. The van der Waals surface area contributed by atoms with Crippen LogP contribution in [0, 0.1) is 13.8 Å². The molecule has 1 aromatic carbocycles. The van der Waals surface area contributed by atoms with Crippen LogP contribution in [0.15, 0.2) is 29.6 Å². The van der Waals surface area contributed by atoms with E-state index in [2.05, 4.69) is 15.4 Å². The minimum Gasteiger partial charge on any atom is -0.494 e. The molecule has 3 rings (SSSR count). The Morgan fingerprint density at radius 3 is 2.59 bits per heavy atom. The van der Waals surface area contributed by atoms with E-state index in [0.717, 1.165) is 33.3 Å². The zero-order valence-electron chi connectivity index (χ0n) is 16.2. The minimum absolute atomic E-state index is 0.137. The number of carbonyl (C=O) groups is 1. The number of carbonyl (C=O) groups excluding carboxylic acids is 1. The number of thiazole rings is 1. The summed E-state index contributed by atoms with van der Waals surface area (Å²) >= 11 is 1.45. The van der Waals surface area contributed by atoms with Crippen LogP contribution in [-0.4, -0.2) is 27.3 Å².